The molecule has 9 nitrogen and oxygen atoms in total. The van der Waals surface area contributed by atoms with Gasteiger partial charge in [-0.25, -0.2) is 0 Å². The molecule has 122 valence electrons. The summed E-state index contributed by atoms with van der Waals surface area (Å²) in [6, 6.07) is 0. The Balaban J connectivity index is 3.99. The van der Waals surface area contributed by atoms with Crippen molar-refractivity contribution in [3.05, 3.63) is 0 Å². The second kappa shape index (κ2) is 11.6. The van der Waals surface area contributed by atoms with Crippen molar-refractivity contribution in [1.29, 1.82) is 5.41 Å². The van der Waals surface area contributed by atoms with Crippen LogP contribution in [-0.4, -0.2) is 37.5 Å². The van der Waals surface area contributed by atoms with Crippen molar-refractivity contribution >= 4 is 17.9 Å². The third kappa shape index (κ3) is 14.0. The molecule has 0 rings (SSSR count). The summed E-state index contributed by atoms with van der Waals surface area (Å²) in [5.74, 6) is 0.637. The first kappa shape index (κ1) is 18.8. The number of nitrogens with two attached hydrogens (primary N) is 5. The molecule has 0 spiro atoms. The minimum absolute atomic E-state index is 0.00647. The maximum atomic E-state index is 7.09. The van der Waals surface area contributed by atoms with Gasteiger partial charge in [-0.05, 0) is 31.6 Å². The molecule has 1 atom stereocenters. The number of aliphatic imine (C=N–C) groups is 2. The third-order valence-electron chi connectivity index (χ3n) is 2.95. The summed E-state index contributed by atoms with van der Waals surface area (Å²) in [6.45, 7) is 1.94. The second-order valence-corrected chi connectivity index (χ2v) is 4.92. The van der Waals surface area contributed by atoms with Crippen LogP contribution < -0.4 is 34.0 Å². The molecule has 0 saturated heterocycles. The van der Waals surface area contributed by atoms with Crippen molar-refractivity contribution in [2.24, 2.45) is 44.6 Å². The Bertz CT molecular complexity index is 343. The van der Waals surface area contributed by atoms with Gasteiger partial charge in [-0.15, -0.1) is 0 Å². The normalized spacial score (nSPS) is 11.4. The van der Waals surface area contributed by atoms with E-state index >= 15 is 0 Å². The highest BCUT2D eigenvalue weighted by molar-refractivity contribution is 5.76. The topological polar surface area (TPSA) is 191 Å². The molecule has 0 aliphatic rings. The van der Waals surface area contributed by atoms with Crippen LogP contribution in [0.4, 0.5) is 0 Å². The fourth-order valence-electron chi connectivity index (χ4n) is 1.93. The Morgan fingerprint density at radius 3 is 2.10 bits per heavy atom. The van der Waals surface area contributed by atoms with Gasteiger partial charge in [0, 0.05) is 19.6 Å². The summed E-state index contributed by atoms with van der Waals surface area (Å²) in [4.78, 5) is 8.03. The highest BCUT2D eigenvalue weighted by Crippen LogP contribution is 2.15. The number of guanidine groups is 3. The van der Waals surface area contributed by atoms with Crippen molar-refractivity contribution in [3.63, 3.8) is 0 Å². The van der Waals surface area contributed by atoms with Crippen LogP contribution in [0, 0.1) is 11.3 Å². The smallest absolute Gasteiger partial charge is 0.185 e. The lowest BCUT2D eigenvalue weighted by molar-refractivity contribution is 0.428. The van der Waals surface area contributed by atoms with Crippen LogP contribution in [-0.2, 0) is 0 Å². The predicted octanol–water partition coefficient (Wildman–Crippen LogP) is -1.42. The van der Waals surface area contributed by atoms with Crippen molar-refractivity contribution in [1.82, 2.24) is 5.32 Å². The molecule has 0 aliphatic heterocycles. The number of hydrogen-bond donors (Lipinski definition) is 7. The fourth-order valence-corrected chi connectivity index (χ4v) is 1.93. The molecule has 0 aromatic heterocycles. The van der Waals surface area contributed by atoms with Gasteiger partial charge in [-0.1, -0.05) is 6.42 Å². The average Bonchev–Trinajstić information content (AvgIpc) is 2.38. The number of rotatable bonds is 11. The standard InChI is InChI=1S/C12H29N9/c13-10(14)19-6-2-1-4-9(8-21-12(17)18)5-3-7-20-11(15)16/h9H,1-8H2,(H4,13,14,19)(H4,15,16,20)(H4,17,18,21). The van der Waals surface area contributed by atoms with Crippen LogP contribution in [0.3, 0.4) is 0 Å². The highest BCUT2D eigenvalue weighted by Gasteiger charge is 2.08. The Morgan fingerprint density at radius 2 is 1.52 bits per heavy atom. The first-order chi connectivity index (χ1) is 9.91. The van der Waals surface area contributed by atoms with Crippen LogP contribution in [0.1, 0.15) is 32.1 Å². The van der Waals surface area contributed by atoms with Gasteiger partial charge in [0.1, 0.15) is 0 Å². The van der Waals surface area contributed by atoms with Crippen LogP contribution in [0.2, 0.25) is 0 Å². The molecule has 0 saturated carbocycles. The van der Waals surface area contributed by atoms with Crippen molar-refractivity contribution in [3.8, 4) is 0 Å². The minimum Gasteiger partial charge on any atom is -0.370 e. The van der Waals surface area contributed by atoms with Gasteiger partial charge in [0.05, 0.1) is 0 Å². The molecule has 9 heteroatoms. The maximum absolute atomic E-state index is 7.09. The molecule has 0 heterocycles. The Morgan fingerprint density at radius 1 is 0.905 bits per heavy atom. The van der Waals surface area contributed by atoms with E-state index in [1.807, 2.05) is 0 Å². The van der Waals surface area contributed by atoms with Crippen LogP contribution >= 0.6 is 0 Å². The van der Waals surface area contributed by atoms with Gasteiger partial charge in [0.2, 0.25) is 0 Å². The minimum atomic E-state index is -0.00647. The van der Waals surface area contributed by atoms with Gasteiger partial charge in [0.15, 0.2) is 17.9 Å². The van der Waals surface area contributed by atoms with E-state index in [0.717, 1.165) is 32.1 Å². The number of nitrogens with one attached hydrogen (secondary N) is 2. The monoisotopic (exact) mass is 299 g/mol. The SMILES string of the molecule is N=C(N)NCCCC(CCCCN=C(N)N)CN=C(N)N. The van der Waals surface area contributed by atoms with E-state index in [4.69, 9.17) is 34.1 Å². The van der Waals surface area contributed by atoms with Crippen LogP contribution in [0.15, 0.2) is 9.98 Å². The Hall–Kier alpha value is -2.19. The lowest BCUT2D eigenvalue weighted by Crippen LogP contribution is -2.31. The van der Waals surface area contributed by atoms with E-state index in [2.05, 4.69) is 15.3 Å². The molecular weight excluding hydrogens is 270 g/mol. The molecule has 0 aromatic carbocycles. The zero-order valence-corrected chi connectivity index (χ0v) is 12.5. The summed E-state index contributed by atoms with van der Waals surface area (Å²) in [7, 11) is 0. The van der Waals surface area contributed by atoms with Crippen LogP contribution in [0.5, 0.6) is 0 Å². The largest absolute Gasteiger partial charge is 0.370 e. The van der Waals surface area contributed by atoms with E-state index in [9.17, 15) is 0 Å². The maximum Gasteiger partial charge on any atom is 0.185 e. The van der Waals surface area contributed by atoms with Gasteiger partial charge in [-0.2, -0.15) is 0 Å². The van der Waals surface area contributed by atoms with E-state index in [1.54, 1.807) is 0 Å². The molecule has 21 heavy (non-hydrogen) atoms. The zero-order valence-electron chi connectivity index (χ0n) is 12.5. The van der Waals surface area contributed by atoms with Crippen molar-refractivity contribution in [2.45, 2.75) is 32.1 Å². The lowest BCUT2D eigenvalue weighted by Gasteiger charge is -2.15. The second-order valence-electron chi connectivity index (χ2n) is 4.92. The summed E-state index contributed by atoms with van der Waals surface area (Å²) < 4.78 is 0. The molecule has 0 aliphatic carbocycles. The molecule has 0 bridgehead atoms. The average molecular weight is 299 g/mol. The van der Waals surface area contributed by atoms with E-state index in [0.29, 0.717) is 25.6 Å². The molecule has 0 amide bonds. The molecule has 0 radical (unpaired) electrons. The molecule has 12 N–H and O–H groups in total. The van der Waals surface area contributed by atoms with Gasteiger partial charge >= 0.3 is 0 Å². The van der Waals surface area contributed by atoms with E-state index in [1.165, 1.54) is 0 Å². The summed E-state index contributed by atoms with van der Waals surface area (Å²) in [6.07, 6.45) is 4.85. The number of nitrogens with zero attached hydrogens (tertiary/aromatic N) is 2. The first-order valence-electron chi connectivity index (χ1n) is 7.10. The molecule has 1 unspecified atom stereocenters. The van der Waals surface area contributed by atoms with Crippen molar-refractivity contribution in [2.75, 3.05) is 19.6 Å². The zero-order chi connectivity index (χ0) is 16.1. The van der Waals surface area contributed by atoms with Gasteiger partial charge in [0.25, 0.3) is 0 Å². The Labute approximate surface area is 125 Å². The summed E-state index contributed by atoms with van der Waals surface area (Å²) in [5, 5.41) is 9.87. The molecular formula is C12H29N9. The number of unbranched alkanes of at least 4 members (excludes halogenated alkanes) is 1. The third-order valence-corrected chi connectivity index (χ3v) is 2.95. The molecule has 0 fully saturated rings. The van der Waals surface area contributed by atoms with Gasteiger partial charge in [-0.3, -0.25) is 15.4 Å². The van der Waals surface area contributed by atoms with Crippen molar-refractivity contribution < 1.29 is 0 Å². The fraction of sp³-hybridized carbons (Fsp3) is 0.750. The quantitative estimate of drug-likeness (QED) is 0.139. The Kier molecular flexibility index (Phi) is 10.4. The predicted molar refractivity (Wildman–Crippen MR) is 87.8 cm³/mol. The van der Waals surface area contributed by atoms with E-state index < -0.39 is 0 Å². The lowest BCUT2D eigenvalue weighted by atomic mass is 9.96. The van der Waals surface area contributed by atoms with Crippen LogP contribution in [0.25, 0.3) is 0 Å². The summed E-state index contributed by atoms with van der Waals surface area (Å²) >= 11 is 0. The first-order valence-corrected chi connectivity index (χ1v) is 7.10. The molecule has 0 aromatic rings. The van der Waals surface area contributed by atoms with Gasteiger partial charge < -0.3 is 34.0 Å². The van der Waals surface area contributed by atoms with E-state index in [-0.39, 0.29) is 17.9 Å². The summed E-state index contributed by atoms with van der Waals surface area (Å²) in [5.41, 5.74) is 26.5. The highest BCUT2D eigenvalue weighted by atomic mass is 15.0. The number of hydrogen-bond acceptors (Lipinski definition) is 3.